The number of carboxylic acids is 1. The lowest BCUT2D eigenvalue weighted by Crippen LogP contribution is -2.34. The number of aliphatic carboxylic acids is 1. The van der Waals surface area contributed by atoms with Crippen molar-refractivity contribution in [1.82, 2.24) is 10.2 Å². The zero-order chi connectivity index (χ0) is 21.5. The molecular weight excluding hydrogens is 384 g/mol. The van der Waals surface area contributed by atoms with Crippen LogP contribution in [0.2, 0.25) is 0 Å². The Bertz CT molecular complexity index is 924. The number of hydrogen-bond acceptors (Lipinski definition) is 4. The number of carboxylic acid groups (broad SMARTS) is 1. The molecule has 0 aromatic heterocycles. The summed E-state index contributed by atoms with van der Waals surface area (Å²) in [7, 11) is 0. The molecule has 7 nitrogen and oxygen atoms in total. The van der Waals surface area contributed by atoms with Gasteiger partial charge in [0.15, 0.2) is 0 Å². The second-order valence-corrected chi connectivity index (χ2v) is 6.85. The van der Waals surface area contributed by atoms with E-state index in [9.17, 15) is 14.4 Å². The van der Waals surface area contributed by atoms with E-state index in [1.807, 2.05) is 36.4 Å². The highest BCUT2D eigenvalue weighted by Crippen LogP contribution is 2.44. The highest BCUT2D eigenvalue weighted by molar-refractivity contribution is 5.90. The number of alkyl carbamates (subject to hydrolysis) is 1. The standard InChI is InChI=1S/C23H24N2O5/c1-2-25(14-22(27)28)21(26)12-7-13-24-23(29)30-15-20-18-10-5-3-8-16(18)17-9-4-6-11-19(17)20/h3-12,20H,2,13-15H2,1H3,(H,24,29)(H,27,28)/b12-7+. The maximum absolute atomic E-state index is 12.1. The topological polar surface area (TPSA) is 95.9 Å². The number of nitrogens with one attached hydrogen (secondary N) is 1. The monoisotopic (exact) mass is 408 g/mol. The molecule has 0 radical (unpaired) electrons. The number of rotatable bonds is 8. The van der Waals surface area contributed by atoms with E-state index in [1.54, 1.807) is 6.92 Å². The normalized spacial score (nSPS) is 12.3. The van der Waals surface area contributed by atoms with Crippen molar-refractivity contribution >= 4 is 18.0 Å². The van der Waals surface area contributed by atoms with Crippen LogP contribution < -0.4 is 5.32 Å². The molecule has 2 aromatic carbocycles. The lowest BCUT2D eigenvalue weighted by atomic mass is 9.98. The summed E-state index contributed by atoms with van der Waals surface area (Å²) in [5.41, 5.74) is 4.58. The number of ether oxygens (including phenoxy) is 1. The summed E-state index contributed by atoms with van der Waals surface area (Å²) < 4.78 is 5.41. The molecule has 0 atom stereocenters. The summed E-state index contributed by atoms with van der Waals surface area (Å²) in [5, 5.41) is 11.4. The average Bonchev–Trinajstić information content (AvgIpc) is 3.07. The van der Waals surface area contributed by atoms with Gasteiger partial charge in [0.1, 0.15) is 13.2 Å². The number of likely N-dealkylation sites (N-methyl/N-ethyl adjacent to an activating group) is 1. The van der Waals surface area contributed by atoms with Gasteiger partial charge in [-0.15, -0.1) is 0 Å². The van der Waals surface area contributed by atoms with Crippen LogP contribution in [0.4, 0.5) is 4.79 Å². The van der Waals surface area contributed by atoms with Crippen molar-refractivity contribution < 1.29 is 24.2 Å². The number of fused-ring (bicyclic) bond motifs is 3. The Morgan fingerprint density at radius 1 is 1.07 bits per heavy atom. The van der Waals surface area contributed by atoms with Crippen molar-refractivity contribution in [3.8, 4) is 11.1 Å². The molecule has 0 bridgehead atoms. The van der Waals surface area contributed by atoms with Crippen LogP contribution in [0.15, 0.2) is 60.7 Å². The Morgan fingerprint density at radius 2 is 1.67 bits per heavy atom. The first-order chi connectivity index (χ1) is 14.5. The van der Waals surface area contributed by atoms with E-state index in [0.29, 0.717) is 0 Å². The van der Waals surface area contributed by atoms with E-state index < -0.39 is 18.0 Å². The lowest BCUT2D eigenvalue weighted by molar-refractivity contribution is -0.142. The maximum Gasteiger partial charge on any atom is 0.407 e. The van der Waals surface area contributed by atoms with Crippen molar-refractivity contribution in [3.63, 3.8) is 0 Å². The van der Waals surface area contributed by atoms with Gasteiger partial charge in [-0.2, -0.15) is 0 Å². The van der Waals surface area contributed by atoms with E-state index in [2.05, 4.69) is 17.4 Å². The first-order valence-electron chi connectivity index (χ1n) is 9.77. The molecule has 2 N–H and O–H groups in total. The Hall–Kier alpha value is -3.61. The summed E-state index contributed by atoms with van der Waals surface area (Å²) in [6.07, 6.45) is 2.14. The fourth-order valence-corrected chi connectivity index (χ4v) is 3.57. The Labute approximate surface area is 175 Å². The highest BCUT2D eigenvalue weighted by atomic mass is 16.5. The summed E-state index contributed by atoms with van der Waals surface area (Å²) in [6.45, 7) is 1.94. The van der Waals surface area contributed by atoms with Gasteiger partial charge in [0.25, 0.3) is 0 Å². The maximum atomic E-state index is 12.1. The van der Waals surface area contributed by atoms with Crippen LogP contribution in [0.3, 0.4) is 0 Å². The number of carbonyl (C=O) groups is 3. The Morgan fingerprint density at radius 3 is 2.23 bits per heavy atom. The van der Waals surface area contributed by atoms with Crippen molar-refractivity contribution in [2.45, 2.75) is 12.8 Å². The quantitative estimate of drug-likeness (QED) is 0.655. The third-order valence-corrected chi connectivity index (χ3v) is 4.99. The summed E-state index contributed by atoms with van der Waals surface area (Å²) in [5.74, 6) is -1.51. The highest BCUT2D eigenvalue weighted by Gasteiger charge is 2.28. The third kappa shape index (κ3) is 4.86. The zero-order valence-electron chi connectivity index (χ0n) is 16.7. The molecule has 0 heterocycles. The van der Waals surface area contributed by atoms with E-state index in [0.717, 1.165) is 22.3 Å². The second kappa shape index (κ2) is 9.73. The molecule has 0 saturated carbocycles. The van der Waals surface area contributed by atoms with Crippen LogP contribution in [0.25, 0.3) is 11.1 Å². The number of benzene rings is 2. The molecule has 0 fully saturated rings. The molecule has 30 heavy (non-hydrogen) atoms. The largest absolute Gasteiger partial charge is 0.480 e. The Balaban J connectivity index is 1.51. The van der Waals surface area contributed by atoms with Crippen LogP contribution in [0.5, 0.6) is 0 Å². The van der Waals surface area contributed by atoms with Gasteiger partial charge in [-0.3, -0.25) is 9.59 Å². The summed E-state index contributed by atoms with van der Waals surface area (Å²) >= 11 is 0. The number of nitrogens with zero attached hydrogens (tertiary/aromatic N) is 1. The van der Waals surface area contributed by atoms with E-state index >= 15 is 0 Å². The number of amides is 2. The fourth-order valence-electron chi connectivity index (χ4n) is 3.57. The van der Waals surface area contributed by atoms with Gasteiger partial charge in [0.2, 0.25) is 5.91 Å². The third-order valence-electron chi connectivity index (χ3n) is 4.99. The van der Waals surface area contributed by atoms with E-state index in [1.165, 1.54) is 17.1 Å². The summed E-state index contributed by atoms with van der Waals surface area (Å²) in [6, 6.07) is 16.2. The average molecular weight is 408 g/mol. The molecule has 0 unspecified atom stereocenters. The van der Waals surface area contributed by atoms with Gasteiger partial charge in [-0.25, -0.2) is 4.79 Å². The molecule has 7 heteroatoms. The molecular formula is C23H24N2O5. The first kappa shape index (κ1) is 21.1. The Kier molecular flexibility index (Phi) is 6.85. The van der Waals surface area contributed by atoms with Crippen molar-refractivity contribution in [3.05, 3.63) is 71.8 Å². The predicted octanol–water partition coefficient (Wildman–Crippen LogP) is 3.01. The van der Waals surface area contributed by atoms with Gasteiger partial charge in [0, 0.05) is 25.1 Å². The summed E-state index contributed by atoms with van der Waals surface area (Å²) in [4.78, 5) is 35.9. The van der Waals surface area contributed by atoms with Crippen molar-refractivity contribution in [2.24, 2.45) is 0 Å². The molecule has 2 aromatic rings. The van der Waals surface area contributed by atoms with Crippen LogP contribution >= 0.6 is 0 Å². The van der Waals surface area contributed by atoms with Gasteiger partial charge in [0.05, 0.1) is 0 Å². The molecule has 2 amide bonds. The smallest absolute Gasteiger partial charge is 0.407 e. The molecule has 0 saturated heterocycles. The van der Waals surface area contributed by atoms with E-state index in [-0.39, 0.29) is 32.2 Å². The molecule has 1 aliphatic carbocycles. The van der Waals surface area contributed by atoms with Crippen molar-refractivity contribution in [1.29, 1.82) is 0 Å². The molecule has 1 aliphatic rings. The molecule has 0 aliphatic heterocycles. The van der Waals surface area contributed by atoms with Gasteiger partial charge >= 0.3 is 12.1 Å². The minimum atomic E-state index is -1.07. The van der Waals surface area contributed by atoms with Crippen molar-refractivity contribution in [2.75, 3.05) is 26.2 Å². The van der Waals surface area contributed by atoms with Crippen LogP contribution in [-0.4, -0.2) is 54.2 Å². The lowest BCUT2D eigenvalue weighted by Gasteiger charge is -2.16. The van der Waals surface area contributed by atoms with Crippen LogP contribution in [0, 0.1) is 0 Å². The minimum absolute atomic E-state index is 0.0191. The fraction of sp³-hybridized carbons (Fsp3) is 0.261. The van der Waals surface area contributed by atoms with Gasteiger partial charge in [-0.05, 0) is 29.2 Å². The second-order valence-electron chi connectivity index (χ2n) is 6.85. The predicted molar refractivity (Wildman–Crippen MR) is 112 cm³/mol. The van der Waals surface area contributed by atoms with Crippen LogP contribution in [-0.2, 0) is 14.3 Å². The number of carbonyl (C=O) groups excluding carboxylic acids is 2. The minimum Gasteiger partial charge on any atom is -0.480 e. The first-order valence-corrected chi connectivity index (χ1v) is 9.77. The molecule has 3 rings (SSSR count). The SMILES string of the molecule is CCN(CC(=O)O)C(=O)/C=C/CNC(=O)OCC1c2ccccc2-c2ccccc21. The van der Waals surface area contributed by atoms with E-state index in [4.69, 9.17) is 9.84 Å². The molecule has 0 spiro atoms. The van der Waals surface area contributed by atoms with Gasteiger partial charge < -0.3 is 20.1 Å². The molecule has 156 valence electrons. The van der Waals surface area contributed by atoms with Crippen LogP contribution in [0.1, 0.15) is 24.0 Å². The number of hydrogen-bond donors (Lipinski definition) is 2. The van der Waals surface area contributed by atoms with Gasteiger partial charge in [-0.1, -0.05) is 54.6 Å². The zero-order valence-corrected chi connectivity index (χ0v) is 16.7.